The lowest BCUT2D eigenvalue weighted by Crippen LogP contribution is -2.41. The number of halogens is 1. The third-order valence-electron chi connectivity index (χ3n) is 3.18. The minimum Gasteiger partial charge on any atom is -0.328 e. The van der Waals surface area contributed by atoms with Crippen molar-refractivity contribution >= 4 is 0 Å². The standard InChI is InChI=1S/C13H19FN2/c1-16(9-11-6-13(15)7-11)8-10-3-2-4-12(14)5-10/h2-5,11,13H,6-9,15H2,1H3. The normalized spacial score (nSPS) is 24.5. The molecule has 0 spiro atoms. The number of benzene rings is 1. The van der Waals surface area contributed by atoms with Gasteiger partial charge >= 0.3 is 0 Å². The van der Waals surface area contributed by atoms with Crippen LogP contribution in [0.4, 0.5) is 4.39 Å². The van der Waals surface area contributed by atoms with Crippen molar-refractivity contribution in [3.05, 3.63) is 35.6 Å². The van der Waals surface area contributed by atoms with Gasteiger partial charge in [0.05, 0.1) is 0 Å². The van der Waals surface area contributed by atoms with Crippen molar-refractivity contribution in [2.75, 3.05) is 13.6 Å². The lowest BCUT2D eigenvalue weighted by Gasteiger charge is -2.35. The number of nitrogens with two attached hydrogens (primary N) is 1. The fourth-order valence-corrected chi connectivity index (χ4v) is 2.39. The summed E-state index contributed by atoms with van der Waals surface area (Å²) in [6, 6.07) is 7.22. The average Bonchev–Trinajstić information content (AvgIpc) is 2.15. The molecule has 0 atom stereocenters. The van der Waals surface area contributed by atoms with E-state index in [1.807, 2.05) is 6.07 Å². The first kappa shape index (κ1) is 11.6. The molecule has 0 aromatic heterocycles. The predicted octanol–water partition coefficient (Wildman–Crippen LogP) is 1.99. The van der Waals surface area contributed by atoms with E-state index in [4.69, 9.17) is 5.73 Å². The molecule has 2 rings (SSSR count). The second-order valence-electron chi connectivity index (χ2n) is 4.92. The highest BCUT2D eigenvalue weighted by atomic mass is 19.1. The van der Waals surface area contributed by atoms with Crippen molar-refractivity contribution in [1.82, 2.24) is 4.90 Å². The fourth-order valence-electron chi connectivity index (χ4n) is 2.39. The van der Waals surface area contributed by atoms with Crippen LogP contribution in [0.2, 0.25) is 0 Å². The molecule has 0 heterocycles. The van der Waals surface area contributed by atoms with Gasteiger partial charge in [-0.1, -0.05) is 12.1 Å². The molecular weight excluding hydrogens is 203 g/mol. The Morgan fingerprint density at radius 2 is 2.19 bits per heavy atom. The third kappa shape index (κ3) is 3.03. The van der Waals surface area contributed by atoms with E-state index in [1.54, 1.807) is 12.1 Å². The molecule has 1 aromatic rings. The minimum atomic E-state index is -0.156. The molecule has 1 aromatic carbocycles. The van der Waals surface area contributed by atoms with E-state index in [0.717, 1.165) is 37.4 Å². The van der Waals surface area contributed by atoms with Crippen molar-refractivity contribution < 1.29 is 4.39 Å². The molecule has 0 saturated heterocycles. The zero-order chi connectivity index (χ0) is 11.5. The van der Waals surface area contributed by atoms with Gasteiger partial charge < -0.3 is 10.6 Å². The summed E-state index contributed by atoms with van der Waals surface area (Å²) in [7, 11) is 2.08. The van der Waals surface area contributed by atoms with Gasteiger partial charge in [-0.25, -0.2) is 4.39 Å². The zero-order valence-corrected chi connectivity index (χ0v) is 9.70. The molecular formula is C13H19FN2. The van der Waals surface area contributed by atoms with E-state index in [1.165, 1.54) is 6.07 Å². The molecule has 0 aliphatic heterocycles. The van der Waals surface area contributed by atoms with Crippen LogP contribution in [0.25, 0.3) is 0 Å². The fraction of sp³-hybridized carbons (Fsp3) is 0.538. The van der Waals surface area contributed by atoms with Crippen molar-refractivity contribution in [3.8, 4) is 0 Å². The van der Waals surface area contributed by atoms with E-state index >= 15 is 0 Å². The van der Waals surface area contributed by atoms with Crippen LogP contribution in [0.5, 0.6) is 0 Å². The average molecular weight is 222 g/mol. The summed E-state index contributed by atoms with van der Waals surface area (Å²) in [6.07, 6.45) is 2.26. The second kappa shape index (κ2) is 4.93. The van der Waals surface area contributed by atoms with Gasteiger partial charge in [0.1, 0.15) is 5.82 Å². The third-order valence-corrected chi connectivity index (χ3v) is 3.18. The molecule has 0 unspecified atom stereocenters. The monoisotopic (exact) mass is 222 g/mol. The van der Waals surface area contributed by atoms with Gasteiger partial charge in [0.2, 0.25) is 0 Å². The highest BCUT2D eigenvalue weighted by Gasteiger charge is 2.26. The quantitative estimate of drug-likeness (QED) is 0.844. The summed E-state index contributed by atoms with van der Waals surface area (Å²) in [5.74, 6) is 0.574. The summed E-state index contributed by atoms with van der Waals surface area (Å²) < 4.78 is 13.0. The Hall–Kier alpha value is -0.930. The first-order valence-electron chi connectivity index (χ1n) is 5.82. The van der Waals surface area contributed by atoms with Gasteiger partial charge in [0.15, 0.2) is 0 Å². The molecule has 0 bridgehead atoms. The van der Waals surface area contributed by atoms with E-state index in [2.05, 4.69) is 11.9 Å². The Labute approximate surface area is 96.2 Å². The summed E-state index contributed by atoms with van der Waals surface area (Å²) in [5, 5.41) is 0. The Balaban J connectivity index is 1.80. The van der Waals surface area contributed by atoms with Crippen LogP contribution in [0.1, 0.15) is 18.4 Å². The van der Waals surface area contributed by atoms with Crippen molar-refractivity contribution in [3.63, 3.8) is 0 Å². The van der Waals surface area contributed by atoms with E-state index in [9.17, 15) is 4.39 Å². The summed E-state index contributed by atoms with van der Waals surface area (Å²) in [5.41, 5.74) is 6.78. The Morgan fingerprint density at radius 1 is 1.44 bits per heavy atom. The lowest BCUT2D eigenvalue weighted by molar-refractivity contribution is 0.178. The van der Waals surface area contributed by atoms with Crippen molar-refractivity contribution in [2.45, 2.75) is 25.4 Å². The molecule has 1 aliphatic rings. The molecule has 3 heteroatoms. The number of nitrogens with zero attached hydrogens (tertiary/aromatic N) is 1. The molecule has 16 heavy (non-hydrogen) atoms. The molecule has 2 nitrogen and oxygen atoms in total. The van der Waals surface area contributed by atoms with Crippen LogP contribution < -0.4 is 5.73 Å². The predicted molar refractivity (Wildman–Crippen MR) is 63.4 cm³/mol. The number of hydrogen-bond donors (Lipinski definition) is 1. The maximum Gasteiger partial charge on any atom is 0.123 e. The highest BCUT2D eigenvalue weighted by Crippen LogP contribution is 2.26. The SMILES string of the molecule is CN(Cc1cccc(F)c1)CC1CC(N)C1. The van der Waals surface area contributed by atoms with Crippen LogP contribution in [0.3, 0.4) is 0 Å². The van der Waals surface area contributed by atoms with Crippen LogP contribution in [0.15, 0.2) is 24.3 Å². The molecule has 88 valence electrons. The molecule has 1 aliphatic carbocycles. The number of hydrogen-bond acceptors (Lipinski definition) is 2. The topological polar surface area (TPSA) is 29.3 Å². The first-order valence-corrected chi connectivity index (χ1v) is 5.82. The van der Waals surface area contributed by atoms with E-state index in [0.29, 0.717) is 6.04 Å². The van der Waals surface area contributed by atoms with E-state index < -0.39 is 0 Å². The smallest absolute Gasteiger partial charge is 0.123 e. The molecule has 0 radical (unpaired) electrons. The van der Waals surface area contributed by atoms with Crippen LogP contribution >= 0.6 is 0 Å². The summed E-state index contributed by atoms with van der Waals surface area (Å²) in [6.45, 7) is 1.87. The van der Waals surface area contributed by atoms with Crippen LogP contribution in [-0.2, 0) is 6.54 Å². The Bertz CT molecular complexity index is 348. The van der Waals surface area contributed by atoms with Gasteiger partial charge in [0.25, 0.3) is 0 Å². The largest absolute Gasteiger partial charge is 0.328 e. The van der Waals surface area contributed by atoms with Crippen LogP contribution in [0, 0.1) is 11.7 Å². The van der Waals surface area contributed by atoms with E-state index in [-0.39, 0.29) is 5.82 Å². The molecule has 2 N–H and O–H groups in total. The van der Waals surface area contributed by atoms with Crippen LogP contribution in [-0.4, -0.2) is 24.5 Å². The highest BCUT2D eigenvalue weighted by molar-refractivity contribution is 5.16. The number of rotatable bonds is 4. The van der Waals surface area contributed by atoms with Gasteiger partial charge in [-0.05, 0) is 43.5 Å². The second-order valence-corrected chi connectivity index (χ2v) is 4.92. The lowest BCUT2D eigenvalue weighted by atomic mass is 9.80. The summed E-state index contributed by atoms with van der Waals surface area (Å²) in [4.78, 5) is 2.24. The summed E-state index contributed by atoms with van der Waals surface area (Å²) >= 11 is 0. The molecule has 1 saturated carbocycles. The van der Waals surface area contributed by atoms with Gasteiger partial charge in [-0.2, -0.15) is 0 Å². The Kier molecular flexibility index (Phi) is 3.56. The van der Waals surface area contributed by atoms with Gasteiger partial charge in [-0.15, -0.1) is 0 Å². The van der Waals surface area contributed by atoms with Gasteiger partial charge in [0, 0.05) is 19.1 Å². The maximum atomic E-state index is 13.0. The minimum absolute atomic E-state index is 0.156. The molecule has 1 fully saturated rings. The molecule has 0 amide bonds. The van der Waals surface area contributed by atoms with Crippen molar-refractivity contribution in [2.24, 2.45) is 11.7 Å². The zero-order valence-electron chi connectivity index (χ0n) is 9.70. The maximum absolute atomic E-state index is 13.0. The van der Waals surface area contributed by atoms with Gasteiger partial charge in [-0.3, -0.25) is 0 Å². The first-order chi connectivity index (χ1) is 7.63. The Morgan fingerprint density at radius 3 is 2.81 bits per heavy atom. The van der Waals surface area contributed by atoms with Crippen molar-refractivity contribution in [1.29, 1.82) is 0 Å².